The van der Waals surface area contributed by atoms with Crippen LogP contribution in [0.3, 0.4) is 0 Å². The van der Waals surface area contributed by atoms with Crippen molar-refractivity contribution >= 4 is 12.4 Å². The first-order valence-electron chi connectivity index (χ1n) is 7.61. The van der Waals surface area contributed by atoms with Gasteiger partial charge >= 0.3 is 6.61 Å². The van der Waals surface area contributed by atoms with E-state index in [0.29, 0.717) is 11.7 Å². The molecule has 0 aromatic heterocycles. The maximum Gasteiger partial charge on any atom is 0.387 e. The van der Waals surface area contributed by atoms with Crippen molar-refractivity contribution in [2.24, 2.45) is 5.92 Å². The van der Waals surface area contributed by atoms with E-state index in [1.165, 1.54) is 20.0 Å². The minimum atomic E-state index is -2.85. The number of nitrogens with zero attached hydrogens (tertiary/aromatic N) is 1. The van der Waals surface area contributed by atoms with Gasteiger partial charge in [0, 0.05) is 13.1 Å². The molecule has 1 fully saturated rings. The third-order valence-corrected chi connectivity index (χ3v) is 3.95. The first kappa shape index (κ1) is 19.9. The maximum absolute atomic E-state index is 12.5. The van der Waals surface area contributed by atoms with Crippen molar-refractivity contribution < 1.29 is 18.3 Å². The molecule has 0 bridgehead atoms. The topological polar surface area (TPSA) is 33.7 Å². The predicted molar refractivity (Wildman–Crippen MR) is 88.8 cm³/mol. The number of benzene rings is 1. The van der Waals surface area contributed by atoms with Gasteiger partial charge < -0.3 is 14.8 Å². The second kappa shape index (κ2) is 9.90. The van der Waals surface area contributed by atoms with Crippen molar-refractivity contribution in [2.45, 2.75) is 26.0 Å². The Kier molecular flexibility index (Phi) is 8.58. The van der Waals surface area contributed by atoms with Crippen LogP contribution in [-0.2, 0) is 6.54 Å². The molecule has 1 atom stereocenters. The van der Waals surface area contributed by atoms with Gasteiger partial charge in [-0.2, -0.15) is 8.78 Å². The van der Waals surface area contributed by atoms with E-state index in [1.807, 2.05) is 13.1 Å². The van der Waals surface area contributed by atoms with Gasteiger partial charge in [0.25, 0.3) is 0 Å². The number of halogens is 3. The van der Waals surface area contributed by atoms with Crippen LogP contribution in [-0.4, -0.2) is 45.3 Å². The molecule has 1 N–H and O–H groups in total. The number of hydrogen-bond donors (Lipinski definition) is 1. The highest BCUT2D eigenvalue weighted by Crippen LogP contribution is 2.30. The van der Waals surface area contributed by atoms with E-state index in [0.717, 1.165) is 31.7 Å². The average molecular weight is 351 g/mol. The van der Waals surface area contributed by atoms with Crippen molar-refractivity contribution in [1.82, 2.24) is 10.2 Å². The second-order valence-electron chi connectivity index (χ2n) is 5.66. The van der Waals surface area contributed by atoms with Crippen LogP contribution in [0.25, 0.3) is 0 Å². The zero-order valence-electron chi connectivity index (χ0n) is 13.6. The number of ether oxygens (including phenoxy) is 2. The summed E-state index contributed by atoms with van der Waals surface area (Å²) in [4.78, 5) is 2.36. The Morgan fingerprint density at radius 3 is 2.78 bits per heavy atom. The van der Waals surface area contributed by atoms with Gasteiger partial charge in [-0.05, 0) is 56.6 Å². The highest BCUT2D eigenvalue weighted by Gasteiger charge is 2.20. The standard InChI is InChI=1S/C16H24F2N2O2.ClH/c1-19-9-13-4-3-7-20(11-13)10-12-5-6-14(21-2)15(8-12)22-16(17)18;/h5-6,8,13,16,19H,3-4,7,9-11H2,1-2H3;1H. The van der Waals surface area contributed by atoms with Gasteiger partial charge in [-0.3, -0.25) is 4.90 Å². The number of methoxy groups -OCH3 is 1. The van der Waals surface area contributed by atoms with Crippen LogP contribution < -0.4 is 14.8 Å². The molecule has 132 valence electrons. The van der Waals surface area contributed by atoms with E-state index in [2.05, 4.69) is 15.0 Å². The minimum absolute atomic E-state index is 0. The molecule has 1 aliphatic rings. The Labute approximate surface area is 142 Å². The van der Waals surface area contributed by atoms with Crippen LogP contribution in [0.4, 0.5) is 8.78 Å². The number of rotatable bonds is 7. The summed E-state index contributed by atoms with van der Waals surface area (Å²) in [6, 6.07) is 5.23. The quantitative estimate of drug-likeness (QED) is 0.819. The van der Waals surface area contributed by atoms with E-state index in [4.69, 9.17) is 4.74 Å². The Morgan fingerprint density at radius 2 is 2.13 bits per heavy atom. The summed E-state index contributed by atoms with van der Waals surface area (Å²) in [7, 11) is 3.41. The predicted octanol–water partition coefficient (Wildman–Crippen LogP) is 3.15. The van der Waals surface area contributed by atoms with Gasteiger partial charge in [-0.25, -0.2) is 0 Å². The van der Waals surface area contributed by atoms with Crippen LogP contribution in [0.1, 0.15) is 18.4 Å². The molecule has 7 heteroatoms. The molecule has 0 saturated carbocycles. The fourth-order valence-electron chi connectivity index (χ4n) is 3.02. The zero-order chi connectivity index (χ0) is 15.9. The molecule has 2 rings (SSSR count). The number of nitrogens with one attached hydrogen (secondary N) is 1. The monoisotopic (exact) mass is 350 g/mol. The average Bonchev–Trinajstić information content (AvgIpc) is 2.48. The van der Waals surface area contributed by atoms with Gasteiger partial charge in [0.15, 0.2) is 11.5 Å². The molecular weight excluding hydrogens is 326 g/mol. The summed E-state index contributed by atoms with van der Waals surface area (Å²) in [6.45, 7) is 0.969. The van der Waals surface area contributed by atoms with E-state index >= 15 is 0 Å². The lowest BCUT2D eigenvalue weighted by Crippen LogP contribution is -2.38. The van der Waals surface area contributed by atoms with Crippen molar-refractivity contribution in [3.05, 3.63) is 23.8 Å². The van der Waals surface area contributed by atoms with Crippen LogP contribution in [0.5, 0.6) is 11.5 Å². The second-order valence-corrected chi connectivity index (χ2v) is 5.66. The Hall–Kier alpha value is -1.11. The number of alkyl halides is 2. The normalized spacial score (nSPS) is 18.6. The SMILES string of the molecule is CNCC1CCCN(Cc2ccc(OC)c(OC(F)F)c2)C1.Cl. The van der Waals surface area contributed by atoms with Crippen LogP contribution in [0.2, 0.25) is 0 Å². The third kappa shape index (κ3) is 6.12. The summed E-state index contributed by atoms with van der Waals surface area (Å²) in [5.74, 6) is 1.07. The van der Waals surface area contributed by atoms with Crippen molar-refractivity contribution in [3.63, 3.8) is 0 Å². The molecule has 1 aromatic carbocycles. The molecule has 1 aromatic rings. The molecule has 1 saturated heterocycles. The first-order valence-corrected chi connectivity index (χ1v) is 7.61. The molecule has 0 spiro atoms. The lowest BCUT2D eigenvalue weighted by atomic mass is 9.97. The summed E-state index contributed by atoms with van der Waals surface area (Å²) in [5.41, 5.74) is 0.960. The fourth-order valence-corrected chi connectivity index (χ4v) is 3.02. The minimum Gasteiger partial charge on any atom is -0.493 e. The van der Waals surface area contributed by atoms with Crippen LogP contribution in [0, 0.1) is 5.92 Å². The van der Waals surface area contributed by atoms with Crippen LogP contribution >= 0.6 is 12.4 Å². The molecule has 1 unspecified atom stereocenters. The fraction of sp³-hybridized carbons (Fsp3) is 0.625. The van der Waals surface area contributed by atoms with Crippen molar-refractivity contribution in [2.75, 3.05) is 33.8 Å². The molecule has 0 aliphatic carbocycles. The number of hydrogen-bond acceptors (Lipinski definition) is 4. The lowest BCUT2D eigenvalue weighted by molar-refractivity contribution is -0.0512. The highest BCUT2D eigenvalue weighted by molar-refractivity contribution is 5.85. The maximum atomic E-state index is 12.5. The van der Waals surface area contributed by atoms with Gasteiger partial charge in [0.05, 0.1) is 7.11 Å². The van der Waals surface area contributed by atoms with Gasteiger partial charge in [0.1, 0.15) is 0 Å². The Morgan fingerprint density at radius 1 is 1.35 bits per heavy atom. The molecule has 4 nitrogen and oxygen atoms in total. The smallest absolute Gasteiger partial charge is 0.387 e. The van der Waals surface area contributed by atoms with E-state index < -0.39 is 6.61 Å². The van der Waals surface area contributed by atoms with Gasteiger partial charge in [-0.1, -0.05) is 6.07 Å². The Balaban J connectivity index is 0.00000264. The third-order valence-electron chi connectivity index (χ3n) is 3.95. The van der Waals surface area contributed by atoms with Crippen molar-refractivity contribution in [1.29, 1.82) is 0 Å². The van der Waals surface area contributed by atoms with Crippen LogP contribution in [0.15, 0.2) is 18.2 Å². The van der Waals surface area contributed by atoms with E-state index in [9.17, 15) is 8.78 Å². The summed E-state index contributed by atoms with van der Waals surface area (Å²) < 4.78 is 34.5. The molecule has 0 amide bonds. The molecular formula is C16H25ClF2N2O2. The highest BCUT2D eigenvalue weighted by atomic mass is 35.5. The number of likely N-dealkylation sites (tertiary alicyclic amines) is 1. The summed E-state index contributed by atoms with van der Waals surface area (Å²) >= 11 is 0. The van der Waals surface area contributed by atoms with E-state index in [1.54, 1.807) is 12.1 Å². The van der Waals surface area contributed by atoms with Gasteiger partial charge in [-0.15, -0.1) is 12.4 Å². The lowest BCUT2D eigenvalue weighted by Gasteiger charge is -2.32. The molecule has 0 radical (unpaired) electrons. The number of piperidine rings is 1. The summed E-state index contributed by atoms with van der Waals surface area (Å²) in [6.07, 6.45) is 2.41. The largest absolute Gasteiger partial charge is 0.493 e. The molecule has 23 heavy (non-hydrogen) atoms. The first-order chi connectivity index (χ1) is 10.6. The molecule has 1 aliphatic heterocycles. The van der Waals surface area contributed by atoms with E-state index in [-0.39, 0.29) is 18.2 Å². The van der Waals surface area contributed by atoms with Crippen molar-refractivity contribution in [3.8, 4) is 11.5 Å². The Bertz CT molecular complexity index is 475. The molecule has 1 heterocycles. The summed E-state index contributed by atoms with van der Waals surface area (Å²) in [5, 5.41) is 3.22. The van der Waals surface area contributed by atoms with Gasteiger partial charge in [0.2, 0.25) is 0 Å². The zero-order valence-corrected chi connectivity index (χ0v) is 14.4.